The highest BCUT2D eigenvalue weighted by Crippen LogP contribution is 2.08. The van der Waals surface area contributed by atoms with E-state index in [1.165, 1.54) is 6.08 Å². The number of aromatic nitrogens is 2. The number of carboxylic acid groups (broad SMARTS) is 1. The molecule has 0 aliphatic heterocycles. The number of pyridine rings is 1. The SMILES string of the molecule is Cc1ccc2nc(/C=C/C(=O)O)cn2c1. The second-order valence-corrected chi connectivity index (χ2v) is 3.31. The predicted octanol–water partition coefficient (Wildman–Crippen LogP) is 1.74. The zero-order chi connectivity index (χ0) is 10.8. The average molecular weight is 202 g/mol. The van der Waals surface area contributed by atoms with E-state index in [2.05, 4.69) is 4.98 Å². The molecule has 0 saturated carbocycles. The maximum atomic E-state index is 10.3. The lowest BCUT2D eigenvalue weighted by Crippen LogP contribution is -1.85. The van der Waals surface area contributed by atoms with Gasteiger partial charge in [0, 0.05) is 18.5 Å². The van der Waals surface area contributed by atoms with E-state index in [0.717, 1.165) is 17.3 Å². The number of hydrogen-bond donors (Lipinski definition) is 1. The van der Waals surface area contributed by atoms with Gasteiger partial charge in [-0.15, -0.1) is 0 Å². The summed E-state index contributed by atoms with van der Waals surface area (Å²) in [7, 11) is 0. The van der Waals surface area contributed by atoms with Gasteiger partial charge < -0.3 is 9.51 Å². The molecular formula is C11H10N2O2. The summed E-state index contributed by atoms with van der Waals surface area (Å²) in [6.45, 7) is 1.99. The highest BCUT2D eigenvalue weighted by atomic mass is 16.4. The van der Waals surface area contributed by atoms with Crippen molar-refractivity contribution in [2.75, 3.05) is 0 Å². The Morgan fingerprint density at radius 1 is 1.47 bits per heavy atom. The highest BCUT2D eigenvalue weighted by molar-refractivity contribution is 5.85. The first-order chi connectivity index (χ1) is 7.15. The van der Waals surface area contributed by atoms with Crippen LogP contribution in [0.25, 0.3) is 11.7 Å². The predicted molar refractivity (Wildman–Crippen MR) is 56.6 cm³/mol. The molecule has 4 heteroatoms. The lowest BCUT2D eigenvalue weighted by molar-refractivity contribution is -0.131. The van der Waals surface area contributed by atoms with Crippen LogP contribution in [0.5, 0.6) is 0 Å². The number of imidazole rings is 1. The van der Waals surface area contributed by atoms with Crippen molar-refractivity contribution in [3.8, 4) is 0 Å². The summed E-state index contributed by atoms with van der Waals surface area (Å²) in [5.41, 5.74) is 2.59. The van der Waals surface area contributed by atoms with Crippen molar-refractivity contribution in [1.29, 1.82) is 0 Å². The van der Waals surface area contributed by atoms with E-state index >= 15 is 0 Å². The van der Waals surface area contributed by atoms with Gasteiger partial charge >= 0.3 is 5.97 Å². The van der Waals surface area contributed by atoms with E-state index in [1.54, 1.807) is 6.20 Å². The molecule has 0 aromatic carbocycles. The molecule has 0 unspecified atom stereocenters. The van der Waals surface area contributed by atoms with Crippen LogP contribution >= 0.6 is 0 Å². The fraction of sp³-hybridized carbons (Fsp3) is 0.0909. The van der Waals surface area contributed by atoms with Crippen LogP contribution in [-0.2, 0) is 4.79 Å². The van der Waals surface area contributed by atoms with Crippen LogP contribution in [0, 0.1) is 6.92 Å². The Balaban J connectivity index is 2.43. The van der Waals surface area contributed by atoms with Crippen LogP contribution in [0.3, 0.4) is 0 Å². The molecule has 15 heavy (non-hydrogen) atoms. The van der Waals surface area contributed by atoms with Crippen LogP contribution in [0.15, 0.2) is 30.6 Å². The number of carboxylic acids is 1. The van der Waals surface area contributed by atoms with Gasteiger partial charge in [0.1, 0.15) is 5.65 Å². The Hall–Kier alpha value is -2.10. The second-order valence-electron chi connectivity index (χ2n) is 3.31. The topological polar surface area (TPSA) is 54.6 Å². The van der Waals surface area contributed by atoms with Crippen molar-refractivity contribution in [3.05, 3.63) is 41.9 Å². The third-order valence-corrected chi connectivity index (χ3v) is 2.01. The molecular weight excluding hydrogens is 192 g/mol. The molecule has 2 aromatic rings. The average Bonchev–Trinajstić information content (AvgIpc) is 2.56. The van der Waals surface area contributed by atoms with E-state index in [-0.39, 0.29) is 0 Å². The van der Waals surface area contributed by atoms with Crippen LogP contribution in [0.4, 0.5) is 0 Å². The van der Waals surface area contributed by atoms with E-state index in [0.29, 0.717) is 5.69 Å². The summed E-state index contributed by atoms with van der Waals surface area (Å²) in [5, 5.41) is 8.47. The first kappa shape index (κ1) is 9.45. The quantitative estimate of drug-likeness (QED) is 0.754. The summed E-state index contributed by atoms with van der Waals surface area (Å²) in [6, 6.07) is 3.86. The van der Waals surface area contributed by atoms with E-state index in [9.17, 15) is 4.79 Å². The number of rotatable bonds is 2. The number of hydrogen-bond acceptors (Lipinski definition) is 2. The first-order valence-electron chi connectivity index (χ1n) is 4.51. The van der Waals surface area contributed by atoms with Crippen molar-refractivity contribution in [2.45, 2.75) is 6.92 Å². The Bertz CT molecular complexity index is 541. The number of aryl methyl sites for hydroxylation is 1. The van der Waals surface area contributed by atoms with E-state index < -0.39 is 5.97 Å². The van der Waals surface area contributed by atoms with Gasteiger partial charge in [0.2, 0.25) is 0 Å². The third-order valence-electron chi connectivity index (χ3n) is 2.01. The lowest BCUT2D eigenvalue weighted by atomic mass is 10.3. The molecule has 0 atom stereocenters. The fourth-order valence-corrected chi connectivity index (χ4v) is 1.36. The van der Waals surface area contributed by atoms with Gasteiger partial charge in [-0.2, -0.15) is 0 Å². The monoisotopic (exact) mass is 202 g/mol. The van der Waals surface area contributed by atoms with Gasteiger partial charge in [-0.3, -0.25) is 0 Å². The Labute approximate surface area is 86.5 Å². The molecule has 2 rings (SSSR count). The molecule has 76 valence electrons. The van der Waals surface area contributed by atoms with Gasteiger partial charge in [0.15, 0.2) is 0 Å². The van der Waals surface area contributed by atoms with Gasteiger partial charge in [-0.1, -0.05) is 6.07 Å². The Morgan fingerprint density at radius 2 is 2.27 bits per heavy atom. The standard InChI is InChI=1S/C11H10N2O2/c1-8-2-4-10-12-9(3-5-11(14)15)7-13(10)6-8/h2-7H,1H3,(H,14,15)/b5-3+. The van der Waals surface area contributed by atoms with Gasteiger partial charge in [0.25, 0.3) is 0 Å². The fourth-order valence-electron chi connectivity index (χ4n) is 1.36. The second kappa shape index (κ2) is 3.57. The molecule has 0 aliphatic rings. The molecule has 0 saturated heterocycles. The molecule has 0 spiro atoms. The number of fused-ring (bicyclic) bond motifs is 1. The van der Waals surface area contributed by atoms with Crippen molar-refractivity contribution >= 4 is 17.7 Å². The van der Waals surface area contributed by atoms with Crippen LogP contribution in [0.2, 0.25) is 0 Å². The summed E-state index contributed by atoms with van der Waals surface area (Å²) in [4.78, 5) is 14.6. The van der Waals surface area contributed by atoms with E-state index in [4.69, 9.17) is 5.11 Å². The minimum absolute atomic E-state index is 0.642. The molecule has 4 nitrogen and oxygen atoms in total. The number of carbonyl (C=O) groups is 1. The third kappa shape index (κ3) is 2.04. The Kier molecular flexibility index (Phi) is 2.25. The van der Waals surface area contributed by atoms with Crippen molar-refractivity contribution < 1.29 is 9.90 Å². The maximum absolute atomic E-state index is 10.3. The minimum atomic E-state index is -0.969. The van der Waals surface area contributed by atoms with Gasteiger partial charge in [-0.25, -0.2) is 9.78 Å². The smallest absolute Gasteiger partial charge is 0.328 e. The van der Waals surface area contributed by atoms with Crippen LogP contribution < -0.4 is 0 Å². The Morgan fingerprint density at radius 3 is 3.00 bits per heavy atom. The van der Waals surface area contributed by atoms with E-state index in [1.807, 2.05) is 29.7 Å². The number of nitrogens with zero attached hydrogens (tertiary/aromatic N) is 2. The maximum Gasteiger partial charge on any atom is 0.328 e. The van der Waals surface area contributed by atoms with Crippen LogP contribution in [-0.4, -0.2) is 20.5 Å². The molecule has 0 radical (unpaired) electrons. The highest BCUT2D eigenvalue weighted by Gasteiger charge is 1.98. The zero-order valence-corrected chi connectivity index (χ0v) is 8.21. The van der Waals surface area contributed by atoms with Crippen molar-refractivity contribution in [2.24, 2.45) is 0 Å². The molecule has 0 fully saturated rings. The minimum Gasteiger partial charge on any atom is -0.478 e. The molecule has 0 aliphatic carbocycles. The molecule has 2 heterocycles. The number of aliphatic carboxylic acids is 1. The summed E-state index contributed by atoms with van der Waals surface area (Å²) in [6.07, 6.45) is 6.29. The lowest BCUT2D eigenvalue weighted by Gasteiger charge is -1.92. The summed E-state index contributed by atoms with van der Waals surface area (Å²) < 4.78 is 1.87. The van der Waals surface area contributed by atoms with Gasteiger partial charge in [0.05, 0.1) is 5.69 Å². The largest absolute Gasteiger partial charge is 0.478 e. The molecule has 0 bridgehead atoms. The summed E-state index contributed by atoms with van der Waals surface area (Å²) in [5.74, 6) is -0.969. The van der Waals surface area contributed by atoms with Crippen molar-refractivity contribution in [3.63, 3.8) is 0 Å². The zero-order valence-electron chi connectivity index (χ0n) is 8.21. The summed E-state index contributed by atoms with van der Waals surface area (Å²) >= 11 is 0. The van der Waals surface area contributed by atoms with Crippen LogP contribution in [0.1, 0.15) is 11.3 Å². The molecule has 0 amide bonds. The van der Waals surface area contributed by atoms with Gasteiger partial charge in [-0.05, 0) is 24.6 Å². The molecule has 2 aromatic heterocycles. The normalized spacial score (nSPS) is 11.3. The van der Waals surface area contributed by atoms with Crippen molar-refractivity contribution in [1.82, 2.24) is 9.38 Å². The first-order valence-corrected chi connectivity index (χ1v) is 4.51. The molecule has 1 N–H and O–H groups in total.